The fourth-order valence-corrected chi connectivity index (χ4v) is 3.42. The van der Waals surface area contributed by atoms with E-state index in [-0.39, 0.29) is 24.3 Å². The first-order valence-corrected chi connectivity index (χ1v) is 9.37. The second kappa shape index (κ2) is 8.20. The first-order valence-electron chi connectivity index (χ1n) is 8.62. The standard InChI is InChI=1S/C20H19Cl2N3O3/c1-12-10-15(21)8-9-18(12)24(13(2)26)11-19-25(14(3)27)23-20(28-19)16-6-4-5-7-17(16)22/h4-10,19H,11H2,1-3H3. The molecule has 2 amide bonds. The highest BCUT2D eigenvalue weighted by molar-refractivity contribution is 6.33. The number of nitrogens with zero attached hydrogens (tertiary/aromatic N) is 3. The molecule has 1 aliphatic heterocycles. The lowest BCUT2D eigenvalue weighted by atomic mass is 10.1. The van der Waals surface area contributed by atoms with Gasteiger partial charge in [0.25, 0.3) is 0 Å². The number of anilines is 1. The molecule has 1 aliphatic rings. The Hall–Kier alpha value is -2.57. The zero-order chi connectivity index (χ0) is 20.4. The summed E-state index contributed by atoms with van der Waals surface area (Å²) in [5.74, 6) is -0.255. The Morgan fingerprint density at radius 1 is 1.18 bits per heavy atom. The lowest BCUT2D eigenvalue weighted by Crippen LogP contribution is -2.44. The lowest BCUT2D eigenvalue weighted by Gasteiger charge is -2.28. The molecule has 0 bridgehead atoms. The van der Waals surface area contributed by atoms with E-state index in [0.29, 0.717) is 21.3 Å². The van der Waals surface area contributed by atoms with Gasteiger partial charge in [-0.25, -0.2) is 0 Å². The fraction of sp³-hybridized carbons (Fsp3) is 0.250. The van der Waals surface area contributed by atoms with Crippen molar-refractivity contribution < 1.29 is 14.3 Å². The van der Waals surface area contributed by atoms with Crippen LogP contribution in [0.25, 0.3) is 0 Å². The zero-order valence-corrected chi connectivity index (χ0v) is 17.2. The number of amides is 2. The number of hydrogen-bond donors (Lipinski definition) is 0. The van der Waals surface area contributed by atoms with Gasteiger partial charge in [0.1, 0.15) is 0 Å². The summed E-state index contributed by atoms with van der Waals surface area (Å²) < 4.78 is 5.92. The van der Waals surface area contributed by atoms with Crippen molar-refractivity contribution in [2.45, 2.75) is 27.0 Å². The van der Waals surface area contributed by atoms with Crippen LogP contribution in [0.4, 0.5) is 5.69 Å². The summed E-state index contributed by atoms with van der Waals surface area (Å²) in [7, 11) is 0. The lowest BCUT2D eigenvalue weighted by molar-refractivity contribution is -0.135. The number of ether oxygens (including phenoxy) is 1. The second-order valence-electron chi connectivity index (χ2n) is 6.38. The van der Waals surface area contributed by atoms with Crippen LogP contribution < -0.4 is 4.90 Å². The number of carbonyl (C=O) groups is 2. The highest BCUT2D eigenvalue weighted by Gasteiger charge is 2.35. The predicted octanol–water partition coefficient (Wildman–Crippen LogP) is 4.22. The van der Waals surface area contributed by atoms with Gasteiger partial charge in [-0.15, -0.1) is 5.10 Å². The highest BCUT2D eigenvalue weighted by Crippen LogP contribution is 2.27. The Kier molecular flexibility index (Phi) is 5.91. The predicted molar refractivity (Wildman–Crippen MR) is 110 cm³/mol. The van der Waals surface area contributed by atoms with E-state index in [1.54, 1.807) is 42.5 Å². The van der Waals surface area contributed by atoms with Gasteiger partial charge in [-0.05, 0) is 42.8 Å². The van der Waals surface area contributed by atoms with E-state index >= 15 is 0 Å². The first kappa shape index (κ1) is 20.2. The molecule has 0 saturated heterocycles. The summed E-state index contributed by atoms with van der Waals surface area (Å²) >= 11 is 12.3. The van der Waals surface area contributed by atoms with Crippen molar-refractivity contribution in [3.8, 4) is 0 Å². The summed E-state index contributed by atoms with van der Waals surface area (Å²) in [5.41, 5.74) is 2.10. The van der Waals surface area contributed by atoms with Crippen LogP contribution in [0.2, 0.25) is 10.0 Å². The third-order valence-electron chi connectivity index (χ3n) is 4.31. The maximum absolute atomic E-state index is 12.3. The van der Waals surface area contributed by atoms with Gasteiger partial charge in [0.05, 0.1) is 17.1 Å². The van der Waals surface area contributed by atoms with Crippen LogP contribution >= 0.6 is 23.2 Å². The zero-order valence-electron chi connectivity index (χ0n) is 15.6. The van der Waals surface area contributed by atoms with E-state index in [1.165, 1.54) is 23.8 Å². The Morgan fingerprint density at radius 3 is 2.50 bits per heavy atom. The summed E-state index contributed by atoms with van der Waals surface area (Å²) in [5, 5.41) is 6.54. The number of hydrazone groups is 1. The smallest absolute Gasteiger partial charge is 0.243 e. The average molecular weight is 420 g/mol. The monoisotopic (exact) mass is 419 g/mol. The summed E-state index contributed by atoms with van der Waals surface area (Å²) in [4.78, 5) is 26.0. The highest BCUT2D eigenvalue weighted by atomic mass is 35.5. The van der Waals surface area contributed by atoms with Crippen LogP contribution in [-0.2, 0) is 14.3 Å². The third kappa shape index (κ3) is 4.13. The van der Waals surface area contributed by atoms with E-state index in [1.807, 2.05) is 6.92 Å². The van der Waals surface area contributed by atoms with Gasteiger partial charge in [0, 0.05) is 24.6 Å². The summed E-state index contributed by atoms with van der Waals surface area (Å²) in [6, 6.07) is 12.3. The molecule has 1 heterocycles. The largest absolute Gasteiger partial charge is 0.448 e. The maximum Gasteiger partial charge on any atom is 0.243 e. The van der Waals surface area contributed by atoms with Crippen molar-refractivity contribution in [3.05, 3.63) is 63.6 Å². The number of benzene rings is 2. The second-order valence-corrected chi connectivity index (χ2v) is 7.23. The quantitative estimate of drug-likeness (QED) is 0.744. The number of halogens is 2. The maximum atomic E-state index is 12.3. The van der Waals surface area contributed by atoms with E-state index in [2.05, 4.69) is 5.10 Å². The molecular formula is C20H19Cl2N3O3. The molecule has 8 heteroatoms. The van der Waals surface area contributed by atoms with E-state index < -0.39 is 6.23 Å². The summed E-state index contributed by atoms with van der Waals surface area (Å²) in [6.07, 6.45) is -0.775. The molecule has 3 rings (SSSR count). The van der Waals surface area contributed by atoms with Crippen LogP contribution in [0, 0.1) is 6.92 Å². The molecule has 146 valence electrons. The van der Waals surface area contributed by atoms with Gasteiger partial charge >= 0.3 is 0 Å². The molecule has 6 nitrogen and oxygen atoms in total. The summed E-state index contributed by atoms with van der Waals surface area (Å²) in [6.45, 7) is 4.81. The van der Waals surface area contributed by atoms with Gasteiger partial charge in [-0.1, -0.05) is 35.3 Å². The molecule has 0 fully saturated rings. The first-order chi connectivity index (χ1) is 13.3. The number of carbonyl (C=O) groups excluding carboxylic acids is 2. The van der Waals surface area contributed by atoms with Crippen molar-refractivity contribution in [2.24, 2.45) is 5.10 Å². The topological polar surface area (TPSA) is 62.2 Å². The Labute approximate surface area is 173 Å². The molecule has 2 aromatic carbocycles. The fourth-order valence-electron chi connectivity index (χ4n) is 2.98. The molecule has 1 unspecified atom stereocenters. The third-order valence-corrected chi connectivity index (χ3v) is 4.88. The molecule has 0 radical (unpaired) electrons. The van der Waals surface area contributed by atoms with Crippen LogP contribution in [-0.4, -0.2) is 35.5 Å². The molecular weight excluding hydrogens is 401 g/mol. The molecule has 0 saturated carbocycles. The number of rotatable bonds is 4. The van der Waals surface area contributed by atoms with Gasteiger partial charge in [0.15, 0.2) is 0 Å². The van der Waals surface area contributed by atoms with Gasteiger partial charge < -0.3 is 9.64 Å². The van der Waals surface area contributed by atoms with Crippen molar-refractivity contribution in [2.75, 3.05) is 11.4 Å². The molecule has 2 aromatic rings. The van der Waals surface area contributed by atoms with Crippen LogP contribution in [0.3, 0.4) is 0 Å². The molecule has 28 heavy (non-hydrogen) atoms. The van der Waals surface area contributed by atoms with Crippen LogP contribution in [0.15, 0.2) is 47.6 Å². The SMILES string of the molecule is CC(=O)N(CC1OC(c2ccccc2Cl)=NN1C(C)=O)c1ccc(Cl)cc1C. The molecule has 0 spiro atoms. The van der Waals surface area contributed by atoms with Crippen LogP contribution in [0.5, 0.6) is 0 Å². The minimum absolute atomic E-state index is 0.106. The Balaban J connectivity index is 1.90. The van der Waals surface area contributed by atoms with Crippen molar-refractivity contribution >= 4 is 46.6 Å². The Bertz CT molecular complexity index is 961. The number of hydrogen-bond acceptors (Lipinski definition) is 4. The van der Waals surface area contributed by atoms with Crippen molar-refractivity contribution in [1.29, 1.82) is 0 Å². The molecule has 0 aliphatic carbocycles. The molecule has 1 atom stereocenters. The normalized spacial score (nSPS) is 15.8. The number of aryl methyl sites for hydroxylation is 1. The van der Waals surface area contributed by atoms with Crippen molar-refractivity contribution in [3.63, 3.8) is 0 Å². The minimum atomic E-state index is -0.775. The van der Waals surface area contributed by atoms with Crippen LogP contribution in [0.1, 0.15) is 25.0 Å². The molecule has 0 aromatic heterocycles. The van der Waals surface area contributed by atoms with Gasteiger partial charge in [0.2, 0.25) is 23.9 Å². The van der Waals surface area contributed by atoms with E-state index in [0.717, 1.165) is 5.56 Å². The van der Waals surface area contributed by atoms with E-state index in [4.69, 9.17) is 27.9 Å². The minimum Gasteiger partial charge on any atom is -0.448 e. The van der Waals surface area contributed by atoms with Gasteiger partial charge in [-0.3, -0.25) is 9.59 Å². The van der Waals surface area contributed by atoms with Crippen molar-refractivity contribution in [1.82, 2.24) is 5.01 Å². The van der Waals surface area contributed by atoms with E-state index in [9.17, 15) is 9.59 Å². The average Bonchev–Trinajstić information content (AvgIpc) is 3.04. The van der Waals surface area contributed by atoms with Gasteiger partial charge in [-0.2, -0.15) is 5.01 Å². The molecule has 0 N–H and O–H groups in total. The Morgan fingerprint density at radius 2 is 1.89 bits per heavy atom.